The van der Waals surface area contributed by atoms with Gasteiger partial charge >= 0.3 is 0 Å². The molecule has 1 saturated heterocycles. The van der Waals surface area contributed by atoms with E-state index in [4.69, 9.17) is 10.5 Å². The number of halogens is 1. The maximum Gasteiger partial charge on any atom is 0.146 e. The van der Waals surface area contributed by atoms with E-state index in [-0.39, 0.29) is 18.0 Å². The molecule has 1 fully saturated rings. The first-order valence-electron chi connectivity index (χ1n) is 6.49. The van der Waals surface area contributed by atoms with Crippen LogP contribution in [0.4, 0.5) is 10.1 Å². The average Bonchev–Trinajstić information content (AvgIpc) is 2.28. The maximum absolute atomic E-state index is 14.1. The van der Waals surface area contributed by atoms with E-state index >= 15 is 0 Å². The van der Waals surface area contributed by atoms with Gasteiger partial charge < -0.3 is 15.4 Å². The highest BCUT2D eigenvalue weighted by molar-refractivity contribution is 5.55. The molecule has 2 atom stereocenters. The Hall–Kier alpha value is -1.13. The largest absolute Gasteiger partial charge is 0.372 e. The number of nitrogens with zero attached hydrogens (tertiary/aromatic N) is 1. The van der Waals surface area contributed by atoms with E-state index in [1.54, 1.807) is 6.07 Å². The van der Waals surface area contributed by atoms with E-state index in [9.17, 15) is 4.39 Å². The fourth-order valence-corrected chi connectivity index (χ4v) is 2.63. The molecule has 2 N–H and O–H groups in total. The zero-order valence-corrected chi connectivity index (χ0v) is 11.0. The summed E-state index contributed by atoms with van der Waals surface area (Å²) in [5.74, 6) is -0.165. The molecule has 0 spiro atoms. The standard InChI is InChI=1S/C14H21FN2O/c1-10-8-17(9-11(2)18-10)14-12(6-7-16)4-3-5-13(14)15/h3-5,10-11H,6-9,16H2,1-2H3. The summed E-state index contributed by atoms with van der Waals surface area (Å²) in [5.41, 5.74) is 7.28. The van der Waals surface area contributed by atoms with Gasteiger partial charge in [0.05, 0.1) is 17.9 Å². The Balaban J connectivity index is 2.30. The van der Waals surface area contributed by atoms with Crippen molar-refractivity contribution in [3.05, 3.63) is 29.6 Å². The molecule has 100 valence electrons. The molecule has 1 heterocycles. The summed E-state index contributed by atoms with van der Waals surface area (Å²) in [6, 6.07) is 5.22. The Bertz CT molecular complexity index is 401. The lowest BCUT2D eigenvalue weighted by atomic mass is 10.1. The van der Waals surface area contributed by atoms with Crippen LogP contribution in [0.25, 0.3) is 0 Å². The van der Waals surface area contributed by atoms with E-state index in [2.05, 4.69) is 4.90 Å². The van der Waals surface area contributed by atoms with Crippen LogP contribution in [0.1, 0.15) is 19.4 Å². The smallest absolute Gasteiger partial charge is 0.146 e. The molecule has 1 aliphatic heterocycles. The molecule has 0 saturated carbocycles. The number of hydrogen-bond donors (Lipinski definition) is 1. The van der Waals surface area contributed by atoms with Crippen LogP contribution in [0.3, 0.4) is 0 Å². The highest BCUT2D eigenvalue weighted by Gasteiger charge is 2.25. The Kier molecular flexibility index (Phi) is 4.19. The Morgan fingerprint density at radius 3 is 2.61 bits per heavy atom. The molecule has 0 bridgehead atoms. The highest BCUT2D eigenvalue weighted by Crippen LogP contribution is 2.27. The van der Waals surface area contributed by atoms with Crippen LogP contribution >= 0.6 is 0 Å². The minimum atomic E-state index is -0.165. The third-order valence-electron chi connectivity index (χ3n) is 3.22. The molecule has 4 heteroatoms. The van der Waals surface area contributed by atoms with Crippen molar-refractivity contribution in [1.29, 1.82) is 0 Å². The monoisotopic (exact) mass is 252 g/mol. The topological polar surface area (TPSA) is 38.5 Å². The maximum atomic E-state index is 14.1. The van der Waals surface area contributed by atoms with Gasteiger partial charge in [0.2, 0.25) is 0 Å². The van der Waals surface area contributed by atoms with Gasteiger partial charge in [0, 0.05) is 13.1 Å². The summed E-state index contributed by atoms with van der Waals surface area (Å²) in [6.07, 6.45) is 0.950. The molecule has 2 rings (SSSR count). The first kappa shape index (κ1) is 13.3. The van der Waals surface area contributed by atoms with Gasteiger partial charge in [-0.1, -0.05) is 12.1 Å². The van der Waals surface area contributed by atoms with Crippen LogP contribution in [0, 0.1) is 5.82 Å². The molecular formula is C14H21FN2O. The fourth-order valence-electron chi connectivity index (χ4n) is 2.63. The molecule has 0 aromatic heterocycles. The predicted molar refractivity (Wildman–Crippen MR) is 71.4 cm³/mol. The van der Waals surface area contributed by atoms with Crippen LogP contribution < -0.4 is 10.6 Å². The van der Waals surface area contributed by atoms with Crippen molar-refractivity contribution in [2.75, 3.05) is 24.5 Å². The summed E-state index contributed by atoms with van der Waals surface area (Å²) >= 11 is 0. The van der Waals surface area contributed by atoms with Crippen LogP contribution in [0.15, 0.2) is 18.2 Å². The lowest BCUT2D eigenvalue weighted by Crippen LogP contribution is -2.46. The molecular weight excluding hydrogens is 231 g/mol. The molecule has 1 aromatic rings. The second-order valence-corrected chi connectivity index (χ2v) is 4.95. The summed E-state index contributed by atoms with van der Waals surface area (Å²) in [7, 11) is 0. The third-order valence-corrected chi connectivity index (χ3v) is 3.22. The van der Waals surface area contributed by atoms with Crippen molar-refractivity contribution >= 4 is 5.69 Å². The lowest BCUT2D eigenvalue weighted by Gasteiger charge is -2.38. The number of nitrogens with two attached hydrogens (primary N) is 1. The van der Waals surface area contributed by atoms with Crippen molar-refractivity contribution in [1.82, 2.24) is 0 Å². The van der Waals surface area contributed by atoms with E-state index in [0.29, 0.717) is 18.7 Å². The number of ether oxygens (including phenoxy) is 1. The van der Waals surface area contributed by atoms with Gasteiger partial charge in [0.1, 0.15) is 5.82 Å². The molecule has 1 aliphatic rings. The number of hydrogen-bond acceptors (Lipinski definition) is 3. The van der Waals surface area contributed by atoms with Gasteiger partial charge in [-0.25, -0.2) is 4.39 Å². The van der Waals surface area contributed by atoms with Crippen molar-refractivity contribution in [3.8, 4) is 0 Å². The predicted octanol–water partition coefficient (Wildman–Crippen LogP) is 1.94. The number of benzene rings is 1. The molecule has 0 aliphatic carbocycles. The SMILES string of the molecule is CC1CN(c2c(F)cccc2CCN)CC(C)O1. The van der Waals surface area contributed by atoms with Crippen molar-refractivity contribution in [2.24, 2.45) is 5.73 Å². The molecule has 3 nitrogen and oxygen atoms in total. The van der Waals surface area contributed by atoms with Crippen LogP contribution in [0.2, 0.25) is 0 Å². The van der Waals surface area contributed by atoms with Gasteiger partial charge in [-0.3, -0.25) is 0 Å². The first-order valence-corrected chi connectivity index (χ1v) is 6.49. The third kappa shape index (κ3) is 2.82. The van der Waals surface area contributed by atoms with E-state index in [0.717, 1.165) is 18.7 Å². The second-order valence-electron chi connectivity index (χ2n) is 4.95. The summed E-state index contributed by atoms with van der Waals surface area (Å²) in [5, 5.41) is 0. The van der Waals surface area contributed by atoms with Crippen LogP contribution in [-0.2, 0) is 11.2 Å². The Morgan fingerprint density at radius 1 is 1.33 bits per heavy atom. The van der Waals surface area contributed by atoms with Crippen molar-refractivity contribution in [2.45, 2.75) is 32.5 Å². The van der Waals surface area contributed by atoms with Gasteiger partial charge in [0.15, 0.2) is 0 Å². The van der Waals surface area contributed by atoms with Crippen LogP contribution in [0.5, 0.6) is 0 Å². The average molecular weight is 252 g/mol. The summed E-state index contributed by atoms with van der Waals surface area (Å²) in [6.45, 7) is 6.02. The van der Waals surface area contributed by atoms with Crippen molar-refractivity contribution < 1.29 is 9.13 Å². The fraction of sp³-hybridized carbons (Fsp3) is 0.571. The summed E-state index contributed by atoms with van der Waals surface area (Å²) in [4.78, 5) is 2.08. The normalized spacial score (nSPS) is 24.3. The second kappa shape index (κ2) is 5.67. The number of para-hydroxylation sites is 1. The number of anilines is 1. The minimum Gasteiger partial charge on any atom is -0.372 e. The molecule has 0 radical (unpaired) electrons. The Morgan fingerprint density at radius 2 is 2.00 bits per heavy atom. The lowest BCUT2D eigenvalue weighted by molar-refractivity contribution is -0.00543. The molecule has 18 heavy (non-hydrogen) atoms. The zero-order valence-electron chi connectivity index (χ0n) is 11.0. The van der Waals surface area contributed by atoms with Crippen molar-refractivity contribution in [3.63, 3.8) is 0 Å². The highest BCUT2D eigenvalue weighted by atomic mass is 19.1. The van der Waals surface area contributed by atoms with Crippen LogP contribution in [-0.4, -0.2) is 31.8 Å². The minimum absolute atomic E-state index is 0.124. The van der Waals surface area contributed by atoms with Gasteiger partial charge in [0.25, 0.3) is 0 Å². The van der Waals surface area contributed by atoms with Gasteiger partial charge in [-0.05, 0) is 38.4 Å². The first-order chi connectivity index (χ1) is 8.61. The number of morpholine rings is 1. The zero-order chi connectivity index (χ0) is 13.1. The summed E-state index contributed by atoms with van der Waals surface area (Å²) < 4.78 is 19.8. The van der Waals surface area contributed by atoms with E-state index in [1.165, 1.54) is 6.07 Å². The van der Waals surface area contributed by atoms with E-state index in [1.807, 2.05) is 19.9 Å². The Labute approximate surface area is 108 Å². The van der Waals surface area contributed by atoms with Gasteiger partial charge in [-0.15, -0.1) is 0 Å². The number of rotatable bonds is 3. The molecule has 1 aromatic carbocycles. The molecule has 2 unspecified atom stereocenters. The quantitative estimate of drug-likeness (QED) is 0.893. The molecule has 0 amide bonds. The van der Waals surface area contributed by atoms with Gasteiger partial charge in [-0.2, -0.15) is 0 Å². The van der Waals surface area contributed by atoms with E-state index < -0.39 is 0 Å².